The minimum absolute atomic E-state index is 0.273. The molecule has 1 atom stereocenters. The van der Waals surface area contributed by atoms with E-state index in [1.165, 1.54) is 0 Å². The molecule has 1 unspecified atom stereocenters. The Labute approximate surface area is 90.5 Å². The highest BCUT2D eigenvalue weighted by molar-refractivity contribution is 7.99. The fourth-order valence-corrected chi connectivity index (χ4v) is 1.66. The van der Waals surface area contributed by atoms with E-state index in [1.807, 2.05) is 44.4 Å². The molecule has 1 aromatic carbocycles. The maximum atomic E-state index is 3.22. The number of thioether (sulfide) groups is 1. The van der Waals surface area contributed by atoms with Gasteiger partial charge in [-0.25, -0.2) is 0 Å². The molecule has 1 rings (SSSR count). The van der Waals surface area contributed by atoms with Crippen molar-refractivity contribution in [3.05, 3.63) is 35.9 Å². The molecule has 1 aromatic rings. The average molecular weight is 205 g/mol. The van der Waals surface area contributed by atoms with Crippen LogP contribution in [0.2, 0.25) is 0 Å². The minimum atomic E-state index is 0.273. The normalized spacial score (nSPS) is 12.0. The molecule has 0 radical (unpaired) electrons. The van der Waals surface area contributed by atoms with E-state index in [9.17, 15) is 0 Å². The van der Waals surface area contributed by atoms with Gasteiger partial charge in [0.1, 0.15) is 5.37 Å². The van der Waals surface area contributed by atoms with Gasteiger partial charge in [0.15, 0.2) is 0 Å². The Morgan fingerprint density at radius 2 is 1.86 bits per heavy atom. The Bertz CT molecular complexity index is 321. The van der Waals surface area contributed by atoms with Crippen LogP contribution in [-0.2, 0) is 0 Å². The van der Waals surface area contributed by atoms with E-state index in [0.717, 1.165) is 5.56 Å². The van der Waals surface area contributed by atoms with Crippen LogP contribution in [0, 0.1) is 11.8 Å². The molecule has 0 N–H and O–H groups in total. The molecule has 2 heteroatoms. The average Bonchev–Trinajstić information content (AvgIpc) is 2.20. The van der Waals surface area contributed by atoms with Gasteiger partial charge in [0.25, 0.3) is 0 Å². The molecule has 0 aromatic heterocycles. The zero-order chi connectivity index (χ0) is 10.4. The SMILES string of the molecule is CSC(C#Cc1ccccc1)N(C)C. The number of rotatable bonds is 2. The van der Waals surface area contributed by atoms with Crippen molar-refractivity contribution in [3.63, 3.8) is 0 Å². The first-order chi connectivity index (χ1) is 6.74. The van der Waals surface area contributed by atoms with Crippen LogP contribution in [0.5, 0.6) is 0 Å². The lowest BCUT2D eigenvalue weighted by Gasteiger charge is -2.15. The van der Waals surface area contributed by atoms with E-state index in [2.05, 4.69) is 23.0 Å². The molecule has 0 heterocycles. The summed E-state index contributed by atoms with van der Waals surface area (Å²) < 4.78 is 0. The molecule has 14 heavy (non-hydrogen) atoms. The van der Waals surface area contributed by atoms with Gasteiger partial charge in [0, 0.05) is 5.56 Å². The Morgan fingerprint density at radius 1 is 1.21 bits per heavy atom. The Kier molecular flexibility index (Phi) is 4.58. The molecule has 0 saturated carbocycles. The smallest absolute Gasteiger partial charge is 0.118 e. The second-order valence-corrected chi connectivity index (χ2v) is 4.10. The van der Waals surface area contributed by atoms with Gasteiger partial charge in [0.05, 0.1) is 0 Å². The largest absolute Gasteiger partial charge is 0.288 e. The minimum Gasteiger partial charge on any atom is -0.288 e. The Morgan fingerprint density at radius 3 is 2.36 bits per heavy atom. The van der Waals surface area contributed by atoms with Crippen molar-refractivity contribution >= 4 is 11.8 Å². The zero-order valence-corrected chi connectivity index (χ0v) is 9.64. The monoisotopic (exact) mass is 205 g/mol. The van der Waals surface area contributed by atoms with Crippen LogP contribution in [0.1, 0.15) is 5.56 Å². The predicted octanol–water partition coefficient (Wildman–Crippen LogP) is 2.29. The van der Waals surface area contributed by atoms with Crippen LogP contribution in [0.25, 0.3) is 0 Å². The number of nitrogens with zero attached hydrogens (tertiary/aromatic N) is 1. The van der Waals surface area contributed by atoms with E-state index in [1.54, 1.807) is 11.8 Å². The first-order valence-corrected chi connectivity index (χ1v) is 5.78. The van der Waals surface area contributed by atoms with Crippen molar-refractivity contribution in [2.45, 2.75) is 5.37 Å². The molecule has 74 valence electrons. The molecule has 0 spiro atoms. The van der Waals surface area contributed by atoms with Crippen molar-refractivity contribution in [2.75, 3.05) is 20.4 Å². The molecule has 0 fully saturated rings. The fraction of sp³-hybridized carbons (Fsp3) is 0.333. The first-order valence-electron chi connectivity index (χ1n) is 4.50. The standard InChI is InChI=1S/C12H15NS/c1-13(2)12(14-3)10-9-11-7-5-4-6-8-11/h4-8,12H,1-3H3. The Balaban J connectivity index is 2.71. The van der Waals surface area contributed by atoms with Gasteiger partial charge < -0.3 is 0 Å². The number of benzene rings is 1. The van der Waals surface area contributed by atoms with E-state index in [0.29, 0.717) is 0 Å². The summed E-state index contributed by atoms with van der Waals surface area (Å²) in [6.07, 6.45) is 2.07. The molecular formula is C12H15NS. The lowest BCUT2D eigenvalue weighted by atomic mass is 10.2. The molecule has 0 amide bonds. The van der Waals surface area contributed by atoms with Crippen LogP contribution in [-0.4, -0.2) is 30.6 Å². The summed E-state index contributed by atoms with van der Waals surface area (Å²) in [6, 6.07) is 10.1. The number of hydrogen-bond donors (Lipinski definition) is 0. The van der Waals surface area contributed by atoms with Gasteiger partial charge >= 0.3 is 0 Å². The molecular weight excluding hydrogens is 190 g/mol. The van der Waals surface area contributed by atoms with Crippen molar-refractivity contribution in [2.24, 2.45) is 0 Å². The summed E-state index contributed by atoms with van der Waals surface area (Å²) in [7, 11) is 4.08. The highest BCUT2D eigenvalue weighted by Crippen LogP contribution is 2.07. The molecule has 0 aliphatic heterocycles. The van der Waals surface area contributed by atoms with E-state index >= 15 is 0 Å². The lowest BCUT2D eigenvalue weighted by Crippen LogP contribution is -2.22. The summed E-state index contributed by atoms with van der Waals surface area (Å²) in [5, 5.41) is 0.273. The predicted molar refractivity (Wildman–Crippen MR) is 64.3 cm³/mol. The number of hydrogen-bond acceptors (Lipinski definition) is 2. The second-order valence-electron chi connectivity index (χ2n) is 3.19. The third-order valence-corrected chi connectivity index (χ3v) is 2.79. The summed E-state index contributed by atoms with van der Waals surface area (Å²) in [6.45, 7) is 0. The summed E-state index contributed by atoms with van der Waals surface area (Å²) in [5.74, 6) is 6.39. The maximum Gasteiger partial charge on any atom is 0.118 e. The fourth-order valence-electron chi connectivity index (χ4n) is 1.07. The summed E-state index contributed by atoms with van der Waals surface area (Å²) in [5.41, 5.74) is 1.08. The highest BCUT2D eigenvalue weighted by atomic mass is 32.2. The van der Waals surface area contributed by atoms with Crippen molar-refractivity contribution in [1.29, 1.82) is 0 Å². The van der Waals surface area contributed by atoms with Gasteiger partial charge in [-0.2, -0.15) is 0 Å². The van der Waals surface area contributed by atoms with Crippen LogP contribution < -0.4 is 0 Å². The van der Waals surface area contributed by atoms with Crippen LogP contribution in [0.3, 0.4) is 0 Å². The van der Waals surface area contributed by atoms with Gasteiger partial charge in [-0.1, -0.05) is 30.0 Å². The summed E-state index contributed by atoms with van der Waals surface area (Å²) in [4.78, 5) is 2.11. The third kappa shape index (κ3) is 3.45. The molecule has 0 aliphatic rings. The van der Waals surface area contributed by atoms with E-state index in [-0.39, 0.29) is 5.37 Å². The van der Waals surface area contributed by atoms with Crippen LogP contribution in [0.4, 0.5) is 0 Å². The van der Waals surface area contributed by atoms with E-state index in [4.69, 9.17) is 0 Å². The van der Waals surface area contributed by atoms with Gasteiger partial charge in [-0.05, 0) is 32.5 Å². The van der Waals surface area contributed by atoms with Gasteiger partial charge in [-0.15, -0.1) is 11.8 Å². The van der Waals surface area contributed by atoms with Gasteiger partial charge in [-0.3, -0.25) is 4.90 Å². The Hall–Kier alpha value is -0.910. The highest BCUT2D eigenvalue weighted by Gasteiger charge is 2.03. The van der Waals surface area contributed by atoms with Crippen LogP contribution in [0.15, 0.2) is 30.3 Å². The maximum absolute atomic E-state index is 3.22. The summed E-state index contributed by atoms with van der Waals surface area (Å²) >= 11 is 1.75. The van der Waals surface area contributed by atoms with Crippen LogP contribution >= 0.6 is 11.8 Å². The quantitative estimate of drug-likeness (QED) is 0.538. The topological polar surface area (TPSA) is 3.24 Å². The molecule has 0 saturated heterocycles. The van der Waals surface area contributed by atoms with Crippen molar-refractivity contribution in [1.82, 2.24) is 4.90 Å². The third-order valence-electron chi connectivity index (χ3n) is 1.81. The van der Waals surface area contributed by atoms with E-state index < -0.39 is 0 Å². The molecule has 1 nitrogen and oxygen atoms in total. The van der Waals surface area contributed by atoms with Crippen molar-refractivity contribution in [3.8, 4) is 11.8 Å². The first kappa shape index (κ1) is 11.2. The lowest BCUT2D eigenvalue weighted by molar-refractivity contribution is 0.436. The van der Waals surface area contributed by atoms with Crippen molar-refractivity contribution < 1.29 is 0 Å². The van der Waals surface area contributed by atoms with Gasteiger partial charge in [0.2, 0.25) is 0 Å². The second kappa shape index (κ2) is 5.74. The molecule has 0 aliphatic carbocycles. The zero-order valence-electron chi connectivity index (χ0n) is 8.82. The molecule has 0 bridgehead atoms.